The number of halogens is 2. The third-order valence-corrected chi connectivity index (χ3v) is 4.07. The van der Waals surface area contributed by atoms with Crippen LogP contribution in [0, 0.1) is 0 Å². The quantitative estimate of drug-likeness (QED) is 0.843. The van der Waals surface area contributed by atoms with Crippen LogP contribution in [0.5, 0.6) is 0 Å². The summed E-state index contributed by atoms with van der Waals surface area (Å²) in [5, 5.41) is 3.89. The van der Waals surface area contributed by atoms with Gasteiger partial charge in [-0.15, -0.1) is 0 Å². The van der Waals surface area contributed by atoms with Crippen molar-refractivity contribution in [3.8, 4) is 0 Å². The van der Waals surface area contributed by atoms with E-state index >= 15 is 0 Å². The number of rotatable bonds is 4. The highest BCUT2D eigenvalue weighted by Crippen LogP contribution is 2.29. The Bertz CT molecular complexity index is 639. The van der Waals surface area contributed by atoms with Crippen LogP contribution in [0.4, 0.5) is 11.5 Å². The van der Waals surface area contributed by atoms with Gasteiger partial charge in [-0.05, 0) is 12.1 Å². The van der Waals surface area contributed by atoms with Crippen molar-refractivity contribution < 1.29 is 4.79 Å². The molecule has 0 saturated carbocycles. The van der Waals surface area contributed by atoms with E-state index in [0.717, 1.165) is 0 Å². The lowest BCUT2D eigenvalue weighted by molar-refractivity contribution is -0.113. The fraction of sp³-hybridized carbons (Fsp3) is 0.0833. The summed E-state index contributed by atoms with van der Waals surface area (Å²) in [6.45, 7) is 0. The van der Waals surface area contributed by atoms with Gasteiger partial charge >= 0.3 is 0 Å². The molecule has 1 aromatic carbocycles. The summed E-state index contributed by atoms with van der Waals surface area (Å²) in [7, 11) is 0. The second-order valence-corrected chi connectivity index (χ2v) is 5.43. The average Bonchev–Trinajstić information content (AvgIpc) is 2.43. The van der Waals surface area contributed by atoms with Crippen molar-refractivity contribution in [2.45, 2.75) is 5.03 Å². The smallest absolute Gasteiger partial charge is 0.234 e. The van der Waals surface area contributed by atoms with E-state index < -0.39 is 0 Å². The third kappa shape index (κ3) is 3.75. The van der Waals surface area contributed by atoms with E-state index in [9.17, 15) is 4.79 Å². The molecule has 1 aromatic heterocycles. The molecule has 0 aliphatic heterocycles. The molecule has 2 aromatic rings. The minimum atomic E-state index is -0.232. The van der Waals surface area contributed by atoms with Gasteiger partial charge in [-0.2, -0.15) is 0 Å². The zero-order valence-corrected chi connectivity index (χ0v) is 12.5. The van der Waals surface area contributed by atoms with Gasteiger partial charge in [0.1, 0.15) is 5.03 Å². The van der Waals surface area contributed by atoms with Crippen LogP contribution in [0.2, 0.25) is 10.0 Å². The fourth-order valence-electron chi connectivity index (χ4n) is 1.37. The van der Waals surface area contributed by atoms with Crippen molar-refractivity contribution in [3.05, 3.63) is 40.6 Å². The number of hydrogen-bond acceptors (Lipinski definition) is 5. The van der Waals surface area contributed by atoms with E-state index in [1.54, 1.807) is 18.2 Å². The molecule has 1 heterocycles. The molecule has 3 N–H and O–H groups in total. The summed E-state index contributed by atoms with van der Waals surface area (Å²) in [5.74, 6) is 0.210. The Morgan fingerprint density at radius 2 is 2.05 bits per heavy atom. The van der Waals surface area contributed by atoms with Gasteiger partial charge in [0.05, 0.1) is 21.5 Å². The van der Waals surface area contributed by atoms with Gasteiger partial charge in [0.25, 0.3) is 0 Å². The molecule has 5 nitrogen and oxygen atoms in total. The van der Waals surface area contributed by atoms with Crippen LogP contribution in [0.15, 0.2) is 35.6 Å². The molecule has 0 aliphatic carbocycles. The zero-order chi connectivity index (χ0) is 14.5. The largest absolute Gasteiger partial charge is 0.381 e. The molecule has 0 unspecified atom stereocenters. The van der Waals surface area contributed by atoms with E-state index in [0.29, 0.717) is 26.6 Å². The van der Waals surface area contributed by atoms with Gasteiger partial charge in [-0.25, -0.2) is 9.97 Å². The molecule has 1 amide bonds. The summed E-state index contributed by atoms with van der Waals surface area (Å²) in [6, 6.07) is 5.03. The van der Waals surface area contributed by atoms with Gasteiger partial charge < -0.3 is 11.1 Å². The highest BCUT2D eigenvalue weighted by Gasteiger charge is 2.10. The second kappa shape index (κ2) is 6.78. The number of nitrogens with two attached hydrogens (primary N) is 1. The molecule has 0 bridgehead atoms. The Kier molecular flexibility index (Phi) is 5.05. The SMILES string of the molecule is Nc1nccnc1SCC(=O)Nc1cccc(Cl)c1Cl. The molecule has 0 radical (unpaired) electrons. The number of aromatic nitrogens is 2. The number of amides is 1. The van der Waals surface area contributed by atoms with E-state index in [1.807, 2.05) is 0 Å². The standard InChI is InChI=1S/C12H10Cl2N4OS/c13-7-2-1-3-8(10(7)14)18-9(19)6-20-12-11(15)16-4-5-17-12/h1-5H,6H2,(H2,15,16)(H,18,19). The Morgan fingerprint density at radius 3 is 2.80 bits per heavy atom. The van der Waals surface area contributed by atoms with Crippen LogP contribution in [0.25, 0.3) is 0 Å². The van der Waals surface area contributed by atoms with E-state index in [1.165, 1.54) is 24.2 Å². The van der Waals surface area contributed by atoms with Crippen molar-refractivity contribution >= 4 is 52.4 Å². The molecule has 2 rings (SSSR count). The maximum absolute atomic E-state index is 11.8. The van der Waals surface area contributed by atoms with Crippen molar-refractivity contribution in [1.29, 1.82) is 0 Å². The number of nitrogen functional groups attached to an aromatic ring is 1. The van der Waals surface area contributed by atoms with Crippen LogP contribution in [0.1, 0.15) is 0 Å². The maximum atomic E-state index is 11.8. The van der Waals surface area contributed by atoms with Crippen LogP contribution < -0.4 is 11.1 Å². The number of carbonyl (C=O) groups is 1. The predicted molar refractivity (Wildman–Crippen MR) is 82.3 cm³/mol. The first-order chi connectivity index (χ1) is 9.58. The predicted octanol–water partition coefficient (Wildman–Crippen LogP) is 3.10. The van der Waals surface area contributed by atoms with E-state index in [-0.39, 0.29) is 11.7 Å². The summed E-state index contributed by atoms with van der Waals surface area (Å²) in [5.41, 5.74) is 6.11. The summed E-state index contributed by atoms with van der Waals surface area (Å²) < 4.78 is 0. The third-order valence-electron chi connectivity index (χ3n) is 2.26. The fourth-order valence-corrected chi connectivity index (χ4v) is 2.39. The monoisotopic (exact) mass is 328 g/mol. The zero-order valence-electron chi connectivity index (χ0n) is 10.1. The molecule has 20 heavy (non-hydrogen) atoms. The van der Waals surface area contributed by atoms with Crippen LogP contribution in [-0.4, -0.2) is 21.6 Å². The Labute approximate surface area is 129 Å². The molecule has 0 aliphatic rings. The molecular formula is C12H10Cl2N4OS. The molecular weight excluding hydrogens is 319 g/mol. The van der Waals surface area contributed by atoms with Crippen LogP contribution >= 0.6 is 35.0 Å². The lowest BCUT2D eigenvalue weighted by Gasteiger charge is -2.08. The number of nitrogens with one attached hydrogen (secondary N) is 1. The molecule has 0 atom stereocenters. The van der Waals surface area contributed by atoms with Crippen LogP contribution in [0.3, 0.4) is 0 Å². The topological polar surface area (TPSA) is 80.9 Å². The molecule has 0 saturated heterocycles. The highest BCUT2D eigenvalue weighted by molar-refractivity contribution is 8.00. The first-order valence-electron chi connectivity index (χ1n) is 5.51. The van der Waals surface area contributed by atoms with Crippen molar-refractivity contribution in [2.75, 3.05) is 16.8 Å². The number of thioether (sulfide) groups is 1. The van der Waals surface area contributed by atoms with Gasteiger partial charge in [0.15, 0.2) is 5.82 Å². The van der Waals surface area contributed by atoms with Gasteiger partial charge in [0, 0.05) is 12.4 Å². The minimum Gasteiger partial charge on any atom is -0.381 e. The summed E-state index contributed by atoms with van der Waals surface area (Å²) >= 11 is 13.0. The first-order valence-corrected chi connectivity index (χ1v) is 7.25. The van der Waals surface area contributed by atoms with Gasteiger partial charge in [0.2, 0.25) is 5.91 Å². The highest BCUT2D eigenvalue weighted by atomic mass is 35.5. The van der Waals surface area contributed by atoms with E-state index in [4.69, 9.17) is 28.9 Å². The Morgan fingerprint density at radius 1 is 1.30 bits per heavy atom. The number of benzene rings is 1. The van der Waals surface area contributed by atoms with Gasteiger partial charge in [-0.3, -0.25) is 4.79 Å². The number of carbonyl (C=O) groups excluding carboxylic acids is 1. The van der Waals surface area contributed by atoms with Crippen LogP contribution in [-0.2, 0) is 4.79 Å². The number of hydrogen-bond donors (Lipinski definition) is 2. The normalized spacial score (nSPS) is 10.3. The van der Waals surface area contributed by atoms with E-state index in [2.05, 4.69) is 15.3 Å². The lowest BCUT2D eigenvalue weighted by Crippen LogP contribution is -2.14. The minimum absolute atomic E-state index is 0.145. The lowest BCUT2D eigenvalue weighted by atomic mass is 10.3. The van der Waals surface area contributed by atoms with Crippen molar-refractivity contribution in [1.82, 2.24) is 9.97 Å². The summed E-state index contributed by atoms with van der Waals surface area (Å²) in [6.07, 6.45) is 3.01. The molecule has 0 spiro atoms. The van der Waals surface area contributed by atoms with Crippen molar-refractivity contribution in [3.63, 3.8) is 0 Å². The summed E-state index contributed by atoms with van der Waals surface area (Å²) in [4.78, 5) is 19.8. The molecule has 0 fully saturated rings. The molecule has 104 valence electrons. The van der Waals surface area contributed by atoms with Gasteiger partial charge in [-0.1, -0.05) is 41.0 Å². The Balaban J connectivity index is 1.96. The maximum Gasteiger partial charge on any atom is 0.234 e. The Hall–Kier alpha value is -1.50. The average molecular weight is 329 g/mol. The molecule has 8 heteroatoms. The number of anilines is 2. The van der Waals surface area contributed by atoms with Crippen molar-refractivity contribution in [2.24, 2.45) is 0 Å². The second-order valence-electron chi connectivity index (χ2n) is 3.68. The number of nitrogens with zero attached hydrogens (tertiary/aromatic N) is 2. The first kappa shape index (κ1) is 14.9.